The molecule has 2 saturated heterocycles. The fourth-order valence-electron chi connectivity index (χ4n) is 5.14. The zero-order valence-electron chi connectivity index (χ0n) is 19.3. The minimum absolute atomic E-state index is 0.00814. The average molecular weight is 435 g/mol. The van der Waals surface area contributed by atoms with Crippen molar-refractivity contribution in [3.63, 3.8) is 0 Å². The van der Waals surface area contributed by atoms with Crippen molar-refractivity contribution < 1.29 is 4.79 Å². The van der Waals surface area contributed by atoms with Crippen molar-refractivity contribution in [3.8, 4) is 0 Å². The molecule has 2 aliphatic heterocycles. The Morgan fingerprint density at radius 3 is 2.50 bits per heavy atom. The second-order valence-corrected chi connectivity index (χ2v) is 11.2. The molecule has 1 aliphatic carbocycles. The third-order valence-corrected chi connectivity index (χ3v) is 7.66. The lowest BCUT2D eigenvalue weighted by Gasteiger charge is -2.39. The number of carbonyl (C=O) groups is 1. The van der Waals surface area contributed by atoms with E-state index in [2.05, 4.69) is 35.9 Å². The number of nitrogens with one attached hydrogen (secondary N) is 1. The monoisotopic (exact) mass is 434 g/mol. The predicted molar refractivity (Wildman–Crippen MR) is 122 cm³/mol. The number of rotatable bonds is 6. The SMILES string of the molecule is CC(C)C(=O)N1CCN(C2(c3nsc(NC[C@@H]4CCCN4C(C)(C)C)n3)CC2)CC1. The summed E-state index contributed by atoms with van der Waals surface area (Å²) in [5, 5.41) is 4.53. The highest BCUT2D eigenvalue weighted by Crippen LogP contribution is 2.50. The molecule has 1 N–H and O–H groups in total. The van der Waals surface area contributed by atoms with Gasteiger partial charge in [-0.05, 0) is 53.0 Å². The van der Waals surface area contributed by atoms with Gasteiger partial charge in [0, 0.05) is 61.8 Å². The van der Waals surface area contributed by atoms with E-state index in [1.54, 1.807) is 0 Å². The van der Waals surface area contributed by atoms with Gasteiger partial charge in [0.2, 0.25) is 11.0 Å². The van der Waals surface area contributed by atoms with Gasteiger partial charge < -0.3 is 10.2 Å². The first-order valence-electron chi connectivity index (χ1n) is 11.6. The summed E-state index contributed by atoms with van der Waals surface area (Å²) in [4.78, 5) is 24.3. The highest BCUT2D eigenvalue weighted by atomic mass is 32.1. The van der Waals surface area contributed by atoms with E-state index in [4.69, 9.17) is 9.36 Å². The summed E-state index contributed by atoms with van der Waals surface area (Å²) in [7, 11) is 0. The Kier molecular flexibility index (Phi) is 6.12. The first-order valence-corrected chi connectivity index (χ1v) is 12.4. The van der Waals surface area contributed by atoms with Crippen molar-refractivity contribution in [2.75, 3.05) is 44.6 Å². The minimum Gasteiger partial charge on any atom is -0.359 e. The van der Waals surface area contributed by atoms with Gasteiger partial charge in [-0.2, -0.15) is 4.37 Å². The molecule has 7 nitrogen and oxygen atoms in total. The van der Waals surface area contributed by atoms with Crippen LogP contribution in [0.15, 0.2) is 0 Å². The highest BCUT2D eigenvalue weighted by molar-refractivity contribution is 7.09. The van der Waals surface area contributed by atoms with Gasteiger partial charge in [0.05, 0.1) is 5.54 Å². The van der Waals surface area contributed by atoms with Crippen molar-refractivity contribution in [2.45, 2.75) is 77.4 Å². The van der Waals surface area contributed by atoms with Gasteiger partial charge in [-0.25, -0.2) is 4.98 Å². The Bertz CT molecular complexity index is 745. The molecule has 0 spiro atoms. The average Bonchev–Trinajstić information content (AvgIpc) is 3.13. The molecule has 0 bridgehead atoms. The first kappa shape index (κ1) is 22.0. The summed E-state index contributed by atoms with van der Waals surface area (Å²) in [6, 6.07) is 0.568. The van der Waals surface area contributed by atoms with Crippen LogP contribution < -0.4 is 5.32 Å². The summed E-state index contributed by atoms with van der Waals surface area (Å²) in [5.41, 5.74) is 0.223. The maximum absolute atomic E-state index is 12.3. The quantitative estimate of drug-likeness (QED) is 0.743. The van der Waals surface area contributed by atoms with Crippen molar-refractivity contribution in [3.05, 3.63) is 5.82 Å². The smallest absolute Gasteiger partial charge is 0.225 e. The standard InChI is InChI=1S/C22H38N6OS/c1-16(2)18(29)26-11-13-27(14-12-26)22(8-9-22)19-24-20(30-25-19)23-15-17-7-6-10-28(17)21(3,4)5/h16-17H,6-15H2,1-5H3,(H,23,24,25)/t17-/m0/s1. The van der Waals surface area contributed by atoms with Gasteiger partial charge in [-0.1, -0.05) is 13.8 Å². The molecular weight excluding hydrogens is 396 g/mol. The Balaban J connectivity index is 1.33. The van der Waals surface area contributed by atoms with Crippen LogP contribution in [-0.2, 0) is 10.3 Å². The number of amides is 1. The van der Waals surface area contributed by atoms with E-state index < -0.39 is 0 Å². The number of aromatic nitrogens is 2. The molecule has 0 unspecified atom stereocenters. The van der Waals surface area contributed by atoms with Crippen LogP contribution in [-0.4, -0.2) is 80.8 Å². The van der Waals surface area contributed by atoms with Crippen molar-refractivity contribution >= 4 is 22.6 Å². The molecule has 30 heavy (non-hydrogen) atoms. The normalized spacial score (nSPS) is 25.1. The van der Waals surface area contributed by atoms with Crippen LogP contribution in [0.25, 0.3) is 0 Å². The summed E-state index contributed by atoms with van der Waals surface area (Å²) in [5.74, 6) is 1.33. The van der Waals surface area contributed by atoms with E-state index in [1.165, 1.54) is 30.9 Å². The van der Waals surface area contributed by atoms with Gasteiger partial charge in [-0.3, -0.25) is 14.6 Å². The van der Waals surface area contributed by atoms with Crippen LogP contribution in [0.4, 0.5) is 5.13 Å². The van der Waals surface area contributed by atoms with Crippen LogP contribution in [0.1, 0.15) is 66.1 Å². The fourth-order valence-corrected chi connectivity index (χ4v) is 5.80. The summed E-state index contributed by atoms with van der Waals surface area (Å²) in [6.45, 7) is 16.5. The summed E-state index contributed by atoms with van der Waals surface area (Å²) >= 11 is 1.50. The van der Waals surface area contributed by atoms with Crippen LogP contribution in [0.2, 0.25) is 0 Å². The molecule has 1 aromatic rings. The van der Waals surface area contributed by atoms with Crippen molar-refractivity contribution in [2.24, 2.45) is 5.92 Å². The molecule has 4 rings (SSSR count). The maximum Gasteiger partial charge on any atom is 0.225 e. The second-order valence-electron chi connectivity index (χ2n) is 10.5. The van der Waals surface area contributed by atoms with Gasteiger partial charge in [0.15, 0.2) is 5.82 Å². The molecule has 1 atom stereocenters. The Labute approximate surface area is 185 Å². The van der Waals surface area contributed by atoms with Crippen LogP contribution >= 0.6 is 11.5 Å². The zero-order chi connectivity index (χ0) is 21.5. The molecule has 3 heterocycles. The molecular formula is C22H38N6OS. The van der Waals surface area contributed by atoms with Gasteiger partial charge >= 0.3 is 0 Å². The topological polar surface area (TPSA) is 64.6 Å². The number of carbonyl (C=O) groups excluding carboxylic acids is 1. The maximum atomic E-state index is 12.3. The second kappa shape index (κ2) is 8.36. The van der Waals surface area contributed by atoms with E-state index >= 15 is 0 Å². The molecule has 0 aromatic carbocycles. The van der Waals surface area contributed by atoms with Crippen LogP contribution in [0.3, 0.4) is 0 Å². The molecule has 0 radical (unpaired) electrons. The Morgan fingerprint density at radius 1 is 1.20 bits per heavy atom. The van der Waals surface area contributed by atoms with Crippen LogP contribution in [0.5, 0.6) is 0 Å². The molecule has 3 aliphatic rings. The van der Waals surface area contributed by atoms with Crippen LogP contribution in [0, 0.1) is 5.92 Å². The molecule has 1 aromatic heterocycles. The van der Waals surface area contributed by atoms with E-state index in [9.17, 15) is 4.79 Å². The van der Waals surface area contributed by atoms with E-state index in [0.717, 1.165) is 56.5 Å². The van der Waals surface area contributed by atoms with E-state index in [-0.39, 0.29) is 22.9 Å². The number of piperazine rings is 1. The van der Waals surface area contributed by atoms with Gasteiger partial charge in [0.25, 0.3) is 0 Å². The number of hydrogen-bond acceptors (Lipinski definition) is 7. The number of nitrogens with zero attached hydrogens (tertiary/aromatic N) is 5. The first-order chi connectivity index (χ1) is 14.2. The van der Waals surface area contributed by atoms with E-state index in [1.807, 2.05) is 18.7 Å². The van der Waals surface area contributed by atoms with Gasteiger partial charge in [-0.15, -0.1) is 0 Å². The summed E-state index contributed by atoms with van der Waals surface area (Å²) in [6.07, 6.45) is 4.78. The largest absolute Gasteiger partial charge is 0.359 e. The lowest BCUT2D eigenvalue weighted by Crippen LogP contribution is -2.53. The molecule has 1 amide bonds. The molecule has 3 fully saturated rings. The molecule has 1 saturated carbocycles. The Morgan fingerprint density at radius 2 is 1.90 bits per heavy atom. The van der Waals surface area contributed by atoms with Gasteiger partial charge in [0.1, 0.15) is 0 Å². The lowest BCUT2D eigenvalue weighted by atomic mass is 10.0. The molecule has 8 heteroatoms. The summed E-state index contributed by atoms with van der Waals surface area (Å²) < 4.78 is 4.75. The Hall–Kier alpha value is -1.25. The number of anilines is 1. The number of likely N-dealkylation sites (tertiary alicyclic amines) is 1. The minimum atomic E-state index is 0.00814. The number of hydrogen-bond donors (Lipinski definition) is 1. The third kappa shape index (κ3) is 4.36. The highest BCUT2D eigenvalue weighted by Gasteiger charge is 2.53. The van der Waals surface area contributed by atoms with E-state index in [0.29, 0.717) is 6.04 Å². The lowest BCUT2D eigenvalue weighted by molar-refractivity contribution is -0.136. The third-order valence-electron chi connectivity index (χ3n) is 6.98. The van der Waals surface area contributed by atoms with Crippen molar-refractivity contribution in [1.82, 2.24) is 24.1 Å². The van der Waals surface area contributed by atoms with Crippen molar-refractivity contribution in [1.29, 1.82) is 0 Å². The molecule has 168 valence electrons. The zero-order valence-corrected chi connectivity index (χ0v) is 20.1. The fraction of sp³-hybridized carbons (Fsp3) is 0.864. The predicted octanol–water partition coefficient (Wildman–Crippen LogP) is 3.00.